The number of nitrogens with one attached hydrogen (secondary N) is 2. The Labute approximate surface area is 230 Å². The standard InChI is InChI=1S/C28H32ClF2N5O3/c1-6-25(35-21(18-7-8-18)11-24(32)28(4,5)38)34-12-16(2)14-36-17(3)9-23(26(29)27(36)37)39-15-22-20(31)10-19(30)13-33-22/h6,9-14,18,32,35,38H,7-8,15H2,1-5H3/b16-14+,21-11-,25-6+,32-24?,34-12-. The Balaban J connectivity index is 1.76. The van der Waals surface area contributed by atoms with Crippen LogP contribution in [-0.2, 0) is 6.61 Å². The van der Waals surface area contributed by atoms with E-state index in [9.17, 15) is 18.7 Å². The van der Waals surface area contributed by atoms with Crippen LogP contribution in [0.3, 0.4) is 0 Å². The minimum Gasteiger partial charge on any atom is -0.485 e. The van der Waals surface area contributed by atoms with Crippen LogP contribution in [0, 0.1) is 29.9 Å². The molecule has 8 nitrogen and oxygen atoms in total. The third-order valence-corrected chi connectivity index (χ3v) is 6.20. The van der Waals surface area contributed by atoms with Crippen molar-refractivity contribution in [1.82, 2.24) is 14.9 Å². The minimum atomic E-state index is -1.25. The Hall–Kier alpha value is -3.63. The number of allylic oxidation sites excluding steroid dienone is 3. The van der Waals surface area contributed by atoms with Crippen LogP contribution in [0.2, 0.25) is 5.02 Å². The summed E-state index contributed by atoms with van der Waals surface area (Å²) < 4.78 is 33.8. The highest BCUT2D eigenvalue weighted by atomic mass is 35.5. The maximum Gasteiger partial charge on any atom is 0.277 e. The van der Waals surface area contributed by atoms with Gasteiger partial charge in [-0.15, -0.1) is 0 Å². The van der Waals surface area contributed by atoms with Gasteiger partial charge in [0.2, 0.25) is 0 Å². The fourth-order valence-electron chi connectivity index (χ4n) is 3.37. The number of aryl methyl sites for hydroxylation is 1. The molecule has 0 aromatic carbocycles. The Morgan fingerprint density at radius 3 is 2.67 bits per heavy atom. The van der Waals surface area contributed by atoms with Gasteiger partial charge in [0.25, 0.3) is 5.56 Å². The van der Waals surface area contributed by atoms with E-state index < -0.39 is 22.8 Å². The Bertz CT molecular complexity index is 1430. The van der Waals surface area contributed by atoms with Crippen LogP contribution < -0.4 is 15.6 Å². The van der Waals surface area contributed by atoms with Crippen LogP contribution in [0.5, 0.6) is 5.75 Å². The van der Waals surface area contributed by atoms with Gasteiger partial charge in [-0.1, -0.05) is 11.6 Å². The van der Waals surface area contributed by atoms with E-state index in [2.05, 4.69) is 15.3 Å². The zero-order valence-corrected chi connectivity index (χ0v) is 23.2. The average molecular weight is 560 g/mol. The van der Waals surface area contributed by atoms with Crippen LogP contribution in [0.4, 0.5) is 8.78 Å². The highest BCUT2D eigenvalue weighted by Gasteiger charge is 2.28. The van der Waals surface area contributed by atoms with Gasteiger partial charge in [-0.2, -0.15) is 0 Å². The number of aromatic nitrogens is 2. The first kappa shape index (κ1) is 29.9. The molecule has 39 heavy (non-hydrogen) atoms. The molecule has 3 rings (SSSR count). The molecule has 1 aliphatic rings. The molecule has 2 aromatic rings. The summed E-state index contributed by atoms with van der Waals surface area (Å²) in [5.41, 5.74) is 0.163. The number of nitrogens with zero attached hydrogens (tertiary/aromatic N) is 3. The quantitative estimate of drug-likeness (QED) is 0.313. The lowest BCUT2D eigenvalue weighted by Crippen LogP contribution is -2.30. The summed E-state index contributed by atoms with van der Waals surface area (Å²) in [5.74, 6) is -0.774. The minimum absolute atomic E-state index is 0.0529. The molecule has 0 saturated heterocycles. The van der Waals surface area contributed by atoms with E-state index in [-0.39, 0.29) is 34.7 Å². The van der Waals surface area contributed by atoms with Crippen molar-refractivity contribution in [2.75, 3.05) is 0 Å². The molecule has 0 spiro atoms. The summed E-state index contributed by atoms with van der Waals surface area (Å²) in [5, 5.41) is 21.3. The van der Waals surface area contributed by atoms with Gasteiger partial charge in [-0.3, -0.25) is 14.3 Å². The average Bonchev–Trinajstić information content (AvgIpc) is 3.70. The van der Waals surface area contributed by atoms with Crippen molar-refractivity contribution in [3.05, 3.63) is 86.0 Å². The summed E-state index contributed by atoms with van der Waals surface area (Å²) >= 11 is 6.25. The van der Waals surface area contributed by atoms with Gasteiger partial charge in [-0.05, 0) is 71.1 Å². The van der Waals surface area contributed by atoms with E-state index in [1.165, 1.54) is 10.6 Å². The molecule has 208 valence electrons. The normalized spacial score (nSPS) is 15.2. The molecule has 1 saturated carbocycles. The molecule has 1 aliphatic carbocycles. The molecule has 2 aromatic heterocycles. The molecular weight excluding hydrogens is 528 g/mol. The molecule has 0 bridgehead atoms. The molecule has 0 atom stereocenters. The van der Waals surface area contributed by atoms with Gasteiger partial charge < -0.3 is 20.6 Å². The van der Waals surface area contributed by atoms with Crippen molar-refractivity contribution < 1.29 is 18.6 Å². The predicted octanol–water partition coefficient (Wildman–Crippen LogP) is 5.53. The lowest BCUT2D eigenvalue weighted by molar-refractivity contribution is 0.154. The number of hydrogen-bond acceptors (Lipinski definition) is 7. The Morgan fingerprint density at radius 2 is 2.08 bits per heavy atom. The topological polar surface area (TPSA) is 113 Å². The first-order chi connectivity index (χ1) is 18.3. The summed E-state index contributed by atoms with van der Waals surface area (Å²) in [6.07, 6.45) is 9.46. The lowest BCUT2D eigenvalue weighted by atomic mass is 10.0. The summed E-state index contributed by atoms with van der Waals surface area (Å²) in [6, 6.07) is 2.24. The molecule has 0 amide bonds. The fourth-order valence-corrected chi connectivity index (χ4v) is 3.57. The van der Waals surface area contributed by atoms with Crippen molar-refractivity contribution >= 4 is 29.7 Å². The molecule has 11 heteroatoms. The summed E-state index contributed by atoms with van der Waals surface area (Å²) in [4.78, 5) is 21.1. The highest BCUT2D eigenvalue weighted by Crippen LogP contribution is 2.36. The monoisotopic (exact) mass is 559 g/mol. The Morgan fingerprint density at radius 1 is 1.38 bits per heavy atom. The second kappa shape index (κ2) is 12.5. The summed E-state index contributed by atoms with van der Waals surface area (Å²) in [6.45, 7) is 8.08. The van der Waals surface area contributed by atoms with Gasteiger partial charge >= 0.3 is 0 Å². The number of aliphatic hydroxyl groups is 1. The molecule has 1 fully saturated rings. The molecule has 3 N–H and O–H groups in total. The number of pyridine rings is 2. The van der Waals surface area contributed by atoms with E-state index in [1.807, 2.05) is 6.92 Å². The van der Waals surface area contributed by atoms with Crippen LogP contribution in [0.25, 0.3) is 6.20 Å². The van der Waals surface area contributed by atoms with E-state index in [1.54, 1.807) is 52.3 Å². The molecule has 2 heterocycles. The number of halogens is 3. The summed E-state index contributed by atoms with van der Waals surface area (Å²) in [7, 11) is 0. The first-order valence-electron chi connectivity index (χ1n) is 12.3. The van der Waals surface area contributed by atoms with Crippen LogP contribution in [0.15, 0.2) is 57.4 Å². The van der Waals surface area contributed by atoms with Gasteiger partial charge in [0.05, 0.1) is 11.9 Å². The van der Waals surface area contributed by atoms with Gasteiger partial charge in [0.15, 0.2) is 5.82 Å². The zero-order chi connectivity index (χ0) is 28.9. The second-order valence-electron chi connectivity index (χ2n) is 9.79. The van der Waals surface area contributed by atoms with Crippen molar-refractivity contribution in [3.63, 3.8) is 0 Å². The van der Waals surface area contributed by atoms with E-state index in [0.717, 1.165) is 24.7 Å². The second-order valence-corrected chi connectivity index (χ2v) is 10.2. The molecule has 0 radical (unpaired) electrons. The third kappa shape index (κ3) is 8.18. The van der Waals surface area contributed by atoms with Crippen LogP contribution >= 0.6 is 11.6 Å². The first-order valence-corrected chi connectivity index (χ1v) is 12.7. The van der Waals surface area contributed by atoms with E-state index in [4.69, 9.17) is 21.7 Å². The van der Waals surface area contributed by atoms with Gasteiger partial charge in [0.1, 0.15) is 40.3 Å². The number of hydrogen-bond donors (Lipinski definition) is 3. The van der Waals surface area contributed by atoms with E-state index >= 15 is 0 Å². The maximum absolute atomic E-state index is 13.9. The third-order valence-electron chi connectivity index (χ3n) is 5.85. The van der Waals surface area contributed by atoms with Crippen LogP contribution in [0.1, 0.15) is 51.9 Å². The molecule has 0 unspecified atom stereocenters. The predicted molar refractivity (Wildman–Crippen MR) is 149 cm³/mol. The Kier molecular flexibility index (Phi) is 9.58. The number of rotatable bonds is 11. The number of aliphatic imine (C=N–C) groups is 1. The molecule has 0 aliphatic heterocycles. The van der Waals surface area contributed by atoms with Crippen molar-refractivity contribution in [2.45, 2.75) is 59.7 Å². The lowest BCUT2D eigenvalue weighted by Gasteiger charge is -2.18. The maximum atomic E-state index is 13.9. The highest BCUT2D eigenvalue weighted by molar-refractivity contribution is 6.31. The molecular formula is C28H32ClF2N5O3. The van der Waals surface area contributed by atoms with Crippen molar-refractivity contribution in [1.29, 1.82) is 5.41 Å². The smallest absolute Gasteiger partial charge is 0.277 e. The number of ether oxygens (including phenoxy) is 1. The van der Waals surface area contributed by atoms with Gasteiger partial charge in [-0.25, -0.2) is 13.8 Å². The largest absolute Gasteiger partial charge is 0.485 e. The van der Waals surface area contributed by atoms with Gasteiger partial charge in [0, 0.05) is 35.9 Å². The fraction of sp³-hybridized carbons (Fsp3) is 0.357. The van der Waals surface area contributed by atoms with E-state index in [0.29, 0.717) is 23.2 Å². The van der Waals surface area contributed by atoms with Crippen molar-refractivity contribution in [3.8, 4) is 5.75 Å². The zero-order valence-electron chi connectivity index (χ0n) is 22.5. The van der Waals surface area contributed by atoms with Crippen molar-refractivity contribution in [2.24, 2.45) is 10.9 Å². The SMILES string of the molecule is C\C=C(/N=C\C(C)=C\n1c(C)cc(OCc2ncc(F)cc2F)c(Cl)c1=O)N/C(=C\C(=N)C(C)(C)O)C1CC1. The van der Waals surface area contributed by atoms with Crippen LogP contribution in [-0.4, -0.2) is 32.2 Å².